The molecule has 0 fully saturated rings. The van der Waals surface area contributed by atoms with Crippen molar-refractivity contribution in [3.63, 3.8) is 0 Å². The molecule has 3 aromatic heterocycles. The Morgan fingerprint density at radius 1 is 0.871 bits per heavy atom. The molecule has 0 unspecified atom stereocenters. The summed E-state index contributed by atoms with van der Waals surface area (Å²) in [6.45, 7) is 1.12. The molecule has 0 spiro atoms. The summed E-state index contributed by atoms with van der Waals surface area (Å²) >= 11 is 0. The number of H-pyrrole nitrogens is 1. The maximum atomic E-state index is 12.9. The van der Waals surface area contributed by atoms with E-state index in [1.807, 2.05) is 78.9 Å². The highest BCUT2D eigenvalue weighted by molar-refractivity contribution is 5.92. The third-order valence-electron chi connectivity index (χ3n) is 5.21. The molecule has 6 nitrogen and oxygen atoms in total. The lowest BCUT2D eigenvalue weighted by Gasteiger charge is -2.06. The summed E-state index contributed by atoms with van der Waals surface area (Å²) in [6, 6.07) is 25.7. The highest BCUT2D eigenvalue weighted by Gasteiger charge is 2.16. The Morgan fingerprint density at radius 3 is 2.32 bits per heavy atom. The van der Waals surface area contributed by atoms with Crippen LogP contribution in [0.2, 0.25) is 0 Å². The number of nitrogens with zero attached hydrogens (tertiary/aromatic N) is 3. The Morgan fingerprint density at radius 2 is 1.58 bits per heavy atom. The molecule has 0 amide bonds. The molecule has 3 heterocycles. The molecule has 0 aliphatic rings. The Balaban J connectivity index is 1.57. The summed E-state index contributed by atoms with van der Waals surface area (Å²) in [4.78, 5) is 20.0. The van der Waals surface area contributed by atoms with Gasteiger partial charge in [-0.1, -0.05) is 48.5 Å². The first-order valence-corrected chi connectivity index (χ1v) is 10.1. The molecule has 0 saturated carbocycles. The summed E-state index contributed by atoms with van der Waals surface area (Å²) < 4.78 is 1.80. The number of pyridine rings is 2. The Bertz CT molecular complexity index is 1360. The average molecular weight is 407 g/mol. The molecule has 2 N–H and O–H groups in total. The molecule has 5 aromatic rings. The monoisotopic (exact) mass is 407 g/mol. The van der Waals surface area contributed by atoms with E-state index in [1.165, 1.54) is 0 Å². The second-order valence-electron chi connectivity index (χ2n) is 7.31. The Hall–Kier alpha value is -4.03. The zero-order chi connectivity index (χ0) is 21.0. The van der Waals surface area contributed by atoms with Crippen LogP contribution in [0.5, 0.6) is 0 Å². The second-order valence-corrected chi connectivity index (χ2v) is 7.31. The van der Waals surface area contributed by atoms with Crippen LogP contribution >= 0.6 is 0 Å². The van der Waals surface area contributed by atoms with Crippen LogP contribution in [-0.2, 0) is 13.1 Å². The van der Waals surface area contributed by atoms with Gasteiger partial charge in [0.2, 0.25) is 0 Å². The number of nitrogens with one attached hydrogen (secondary N) is 2. The fourth-order valence-electron chi connectivity index (χ4n) is 3.65. The Kier molecular flexibility index (Phi) is 5.12. The van der Waals surface area contributed by atoms with E-state index in [0.29, 0.717) is 24.3 Å². The van der Waals surface area contributed by atoms with Crippen molar-refractivity contribution in [3.05, 3.63) is 113 Å². The number of aromatic nitrogens is 4. The number of benzene rings is 2. The van der Waals surface area contributed by atoms with E-state index in [-0.39, 0.29) is 5.56 Å². The van der Waals surface area contributed by atoms with E-state index in [2.05, 4.69) is 15.3 Å². The normalized spacial score (nSPS) is 11.1. The van der Waals surface area contributed by atoms with Crippen molar-refractivity contribution in [1.29, 1.82) is 0 Å². The molecule has 0 radical (unpaired) electrons. The minimum Gasteiger partial charge on any atom is -0.308 e. The van der Waals surface area contributed by atoms with Gasteiger partial charge in [0.15, 0.2) is 0 Å². The van der Waals surface area contributed by atoms with Gasteiger partial charge < -0.3 is 10.3 Å². The first-order valence-electron chi connectivity index (χ1n) is 10.1. The van der Waals surface area contributed by atoms with Gasteiger partial charge in [0.05, 0.1) is 5.69 Å². The van der Waals surface area contributed by atoms with Gasteiger partial charge in [0.25, 0.3) is 5.56 Å². The van der Waals surface area contributed by atoms with Crippen LogP contribution in [0.3, 0.4) is 0 Å². The number of para-hydroxylation sites is 1. The predicted molar refractivity (Wildman–Crippen MR) is 122 cm³/mol. The van der Waals surface area contributed by atoms with Gasteiger partial charge in [-0.15, -0.1) is 0 Å². The molecular weight excluding hydrogens is 386 g/mol. The molecule has 0 aliphatic heterocycles. The zero-order valence-corrected chi connectivity index (χ0v) is 16.8. The molecule has 0 atom stereocenters. The van der Waals surface area contributed by atoms with Gasteiger partial charge in [0, 0.05) is 42.0 Å². The summed E-state index contributed by atoms with van der Waals surface area (Å²) in [7, 11) is 0. The number of hydrogen-bond acceptors (Lipinski definition) is 4. The standard InChI is InChI=1S/C25H21N5O/c31-25-20(17-27-16-18-11-13-26-14-12-18)15-22-23(19-7-3-1-4-8-19)29-30(24(22)28-25)21-9-5-2-6-10-21/h1-15,27H,16-17H2,(H,28,31). The maximum absolute atomic E-state index is 12.9. The SMILES string of the molecule is O=c1[nH]c2c(cc1CNCc1ccncc1)c(-c1ccccc1)nn2-c1ccccc1. The topological polar surface area (TPSA) is 75.6 Å². The smallest absolute Gasteiger partial charge is 0.254 e. The van der Waals surface area contributed by atoms with E-state index in [4.69, 9.17) is 5.10 Å². The van der Waals surface area contributed by atoms with Crippen LogP contribution in [0.1, 0.15) is 11.1 Å². The highest BCUT2D eigenvalue weighted by atomic mass is 16.1. The predicted octanol–water partition coefficient (Wildman–Crippen LogP) is 4.07. The van der Waals surface area contributed by atoms with Crippen molar-refractivity contribution in [2.24, 2.45) is 0 Å². The van der Waals surface area contributed by atoms with Gasteiger partial charge in [0.1, 0.15) is 11.3 Å². The van der Waals surface area contributed by atoms with Crippen molar-refractivity contribution in [2.75, 3.05) is 0 Å². The zero-order valence-electron chi connectivity index (χ0n) is 16.8. The quantitative estimate of drug-likeness (QED) is 0.445. The Labute approximate surface area is 179 Å². The molecule has 0 bridgehead atoms. The van der Waals surface area contributed by atoms with E-state index < -0.39 is 0 Å². The van der Waals surface area contributed by atoms with Crippen LogP contribution in [0.4, 0.5) is 0 Å². The molecule has 31 heavy (non-hydrogen) atoms. The minimum absolute atomic E-state index is 0.119. The van der Waals surface area contributed by atoms with E-state index >= 15 is 0 Å². The first kappa shape index (κ1) is 19.0. The number of hydrogen-bond donors (Lipinski definition) is 2. The van der Waals surface area contributed by atoms with Gasteiger partial charge in [-0.2, -0.15) is 5.10 Å². The summed E-state index contributed by atoms with van der Waals surface area (Å²) in [6.07, 6.45) is 3.53. The third kappa shape index (κ3) is 3.89. The first-order chi connectivity index (χ1) is 15.3. The van der Waals surface area contributed by atoms with Crippen LogP contribution in [0, 0.1) is 0 Å². The lowest BCUT2D eigenvalue weighted by atomic mass is 10.1. The summed E-state index contributed by atoms with van der Waals surface area (Å²) in [5.74, 6) is 0. The fourth-order valence-corrected chi connectivity index (χ4v) is 3.65. The van der Waals surface area contributed by atoms with Gasteiger partial charge in [-0.05, 0) is 35.9 Å². The minimum atomic E-state index is -0.119. The van der Waals surface area contributed by atoms with Gasteiger partial charge >= 0.3 is 0 Å². The van der Waals surface area contributed by atoms with Gasteiger partial charge in [-0.25, -0.2) is 4.68 Å². The van der Waals surface area contributed by atoms with Crippen molar-refractivity contribution >= 4 is 11.0 Å². The molecule has 2 aromatic carbocycles. The lowest BCUT2D eigenvalue weighted by Crippen LogP contribution is -2.21. The van der Waals surface area contributed by atoms with Crippen molar-refractivity contribution in [3.8, 4) is 16.9 Å². The van der Waals surface area contributed by atoms with Crippen LogP contribution in [0.25, 0.3) is 28.0 Å². The average Bonchev–Trinajstić information content (AvgIpc) is 3.19. The van der Waals surface area contributed by atoms with Gasteiger partial charge in [-0.3, -0.25) is 9.78 Å². The second kappa shape index (κ2) is 8.38. The van der Waals surface area contributed by atoms with Crippen LogP contribution in [-0.4, -0.2) is 19.7 Å². The fraction of sp³-hybridized carbons (Fsp3) is 0.0800. The van der Waals surface area contributed by atoms with Crippen molar-refractivity contribution < 1.29 is 0 Å². The lowest BCUT2D eigenvalue weighted by molar-refractivity contribution is 0.687. The molecule has 6 heteroatoms. The molecule has 5 rings (SSSR count). The third-order valence-corrected chi connectivity index (χ3v) is 5.21. The van der Waals surface area contributed by atoms with Crippen molar-refractivity contribution in [2.45, 2.75) is 13.1 Å². The van der Waals surface area contributed by atoms with E-state index in [1.54, 1.807) is 17.1 Å². The molecule has 0 aliphatic carbocycles. The van der Waals surface area contributed by atoms with Crippen LogP contribution < -0.4 is 10.9 Å². The van der Waals surface area contributed by atoms with E-state index in [9.17, 15) is 4.79 Å². The summed E-state index contributed by atoms with van der Waals surface area (Å²) in [5, 5.41) is 9.12. The molecule has 152 valence electrons. The summed E-state index contributed by atoms with van der Waals surface area (Å²) in [5.41, 5.74) is 5.10. The van der Waals surface area contributed by atoms with E-state index in [0.717, 1.165) is 27.9 Å². The molecule has 0 saturated heterocycles. The molecular formula is C25H21N5O. The van der Waals surface area contributed by atoms with Crippen LogP contribution in [0.15, 0.2) is 96.1 Å². The number of fused-ring (bicyclic) bond motifs is 1. The van der Waals surface area contributed by atoms with Crippen molar-refractivity contribution in [1.82, 2.24) is 25.1 Å². The maximum Gasteiger partial charge on any atom is 0.254 e. The largest absolute Gasteiger partial charge is 0.308 e. The number of aromatic amines is 1. The number of rotatable bonds is 6. The highest BCUT2D eigenvalue weighted by Crippen LogP contribution is 2.28.